The molecule has 1 unspecified atom stereocenters. The highest BCUT2D eigenvalue weighted by Gasteiger charge is 2.26. The fourth-order valence-corrected chi connectivity index (χ4v) is 3.16. The summed E-state index contributed by atoms with van der Waals surface area (Å²) in [6, 6.07) is 5.75. The molecule has 1 aliphatic heterocycles. The molecule has 1 fully saturated rings. The van der Waals surface area contributed by atoms with Crippen LogP contribution in [-0.2, 0) is 0 Å². The number of benzene rings is 1. The maximum Gasteiger partial charge on any atom is 0.179 e. The normalized spacial score (nSPS) is 17.5. The van der Waals surface area contributed by atoms with Crippen LogP contribution in [0, 0.1) is 11.3 Å². The van der Waals surface area contributed by atoms with Crippen molar-refractivity contribution in [2.45, 2.75) is 19.9 Å². The van der Waals surface area contributed by atoms with Crippen LogP contribution in [0.3, 0.4) is 0 Å². The molecule has 1 aromatic carbocycles. The molecule has 0 N–H and O–H groups in total. The number of ether oxygens (including phenoxy) is 2. The molecule has 0 aliphatic carbocycles. The van der Waals surface area contributed by atoms with Gasteiger partial charge in [-0.15, -0.1) is 0 Å². The Hall–Kier alpha value is -1.48. The molecule has 0 spiro atoms. The SMILES string of the molecule is CCOc1c(Cl)cc(C(C#N)N2CCN(CC)CC2)cc1OC. The minimum Gasteiger partial charge on any atom is -0.493 e. The van der Waals surface area contributed by atoms with Crippen LogP contribution in [-0.4, -0.2) is 56.2 Å². The Morgan fingerprint density at radius 3 is 2.48 bits per heavy atom. The molecule has 2 rings (SSSR count). The van der Waals surface area contributed by atoms with Gasteiger partial charge in [-0.1, -0.05) is 18.5 Å². The molecule has 6 heteroatoms. The van der Waals surface area contributed by atoms with Gasteiger partial charge < -0.3 is 14.4 Å². The summed E-state index contributed by atoms with van der Waals surface area (Å²) in [4.78, 5) is 4.58. The van der Waals surface area contributed by atoms with Crippen molar-refractivity contribution in [1.82, 2.24) is 9.80 Å². The van der Waals surface area contributed by atoms with E-state index in [4.69, 9.17) is 21.1 Å². The predicted octanol–water partition coefficient (Wildman–Crippen LogP) is 2.95. The zero-order valence-electron chi connectivity index (χ0n) is 14.0. The van der Waals surface area contributed by atoms with E-state index in [9.17, 15) is 5.26 Å². The molecular formula is C17H24ClN3O2. The largest absolute Gasteiger partial charge is 0.493 e. The number of piperazine rings is 1. The maximum atomic E-state index is 9.66. The molecule has 1 aliphatic rings. The minimum absolute atomic E-state index is 0.323. The van der Waals surface area contributed by atoms with Gasteiger partial charge in [-0.05, 0) is 31.2 Å². The van der Waals surface area contributed by atoms with E-state index in [-0.39, 0.29) is 6.04 Å². The van der Waals surface area contributed by atoms with E-state index in [2.05, 4.69) is 22.8 Å². The maximum absolute atomic E-state index is 9.66. The number of hydrogen-bond donors (Lipinski definition) is 0. The highest BCUT2D eigenvalue weighted by Crippen LogP contribution is 2.39. The van der Waals surface area contributed by atoms with Crippen LogP contribution in [0.1, 0.15) is 25.5 Å². The Bertz CT molecular complexity index is 566. The van der Waals surface area contributed by atoms with Gasteiger partial charge in [0.1, 0.15) is 6.04 Å². The molecule has 0 bridgehead atoms. The first-order valence-corrected chi connectivity index (χ1v) is 8.38. The van der Waals surface area contributed by atoms with Gasteiger partial charge in [0.05, 0.1) is 24.8 Å². The molecule has 1 aromatic rings. The Morgan fingerprint density at radius 1 is 1.26 bits per heavy atom. The number of nitrogens with zero attached hydrogens (tertiary/aromatic N) is 3. The Labute approximate surface area is 143 Å². The van der Waals surface area contributed by atoms with Crippen molar-refractivity contribution in [3.8, 4) is 17.6 Å². The van der Waals surface area contributed by atoms with Crippen LogP contribution >= 0.6 is 11.6 Å². The quantitative estimate of drug-likeness (QED) is 0.798. The third-order valence-electron chi connectivity index (χ3n) is 4.20. The number of halogens is 1. The van der Waals surface area contributed by atoms with Gasteiger partial charge >= 0.3 is 0 Å². The lowest BCUT2D eigenvalue weighted by Gasteiger charge is -2.36. The van der Waals surface area contributed by atoms with Crippen LogP contribution < -0.4 is 9.47 Å². The summed E-state index contributed by atoms with van der Waals surface area (Å²) in [5, 5.41) is 10.1. The lowest BCUT2D eigenvalue weighted by molar-refractivity contribution is 0.118. The summed E-state index contributed by atoms with van der Waals surface area (Å²) >= 11 is 6.34. The first-order chi connectivity index (χ1) is 11.1. The highest BCUT2D eigenvalue weighted by atomic mass is 35.5. The molecular weight excluding hydrogens is 314 g/mol. The van der Waals surface area contributed by atoms with E-state index >= 15 is 0 Å². The standard InChI is InChI=1S/C17H24ClN3O2/c1-4-20-6-8-21(9-7-20)15(12-19)13-10-14(18)17(23-5-2)16(11-13)22-3/h10-11,15H,4-9H2,1-3H3. The summed E-state index contributed by atoms with van der Waals surface area (Å²) in [5.74, 6) is 1.11. The van der Waals surface area contributed by atoms with Gasteiger partial charge in [0, 0.05) is 26.2 Å². The molecule has 126 valence electrons. The molecule has 0 saturated carbocycles. The Balaban J connectivity index is 2.25. The second-order valence-electron chi connectivity index (χ2n) is 5.47. The van der Waals surface area contributed by atoms with Gasteiger partial charge in [-0.25, -0.2) is 0 Å². The predicted molar refractivity (Wildman–Crippen MR) is 91.2 cm³/mol. The van der Waals surface area contributed by atoms with Crippen molar-refractivity contribution < 1.29 is 9.47 Å². The summed E-state index contributed by atoms with van der Waals surface area (Å²) in [7, 11) is 1.58. The van der Waals surface area contributed by atoms with E-state index < -0.39 is 0 Å². The molecule has 0 radical (unpaired) electrons. The average Bonchev–Trinajstić information content (AvgIpc) is 2.58. The number of methoxy groups -OCH3 is 1. The van der Waals surface area contributed by atoms with Crippen LogP contribution in [0.15, 0.2) is 12.1 Å². The van der Waals surface area contributed by atoms with E-state index in [0.717, 1.165) is 38.3 Å². The van der Waals surface area contributed by atoms with Crippen LogP contribution in [0.4, 0.5) is 0 Å². The van der Waals surface area contributed by atoms with Gasteiger partial charge in [0.25, 0.3) is 0 Å². The Kier molecular flexibility index (Phi) is 6.52. The fourth-order valence-electron chi connectivity index (χ4n) is 2.89. The van der Waals surface area contributed by atoms with E-state index in [1.54, 1.807) is 7.11 Å². The van der Waals surface area contributed by atoms with Crippen LogP contribution in [0.25, 0.3) is 0 Å². The second kappa shape index (κ2) is 8.39. The van der Waals surface area contributed by atoms with Gasteiger partial charge in [0.2, 0.25) is 0 Å². The van der Waals surface area contributed by atoms with Gasteiger partial charge in [0.15, 0.2) is 11.5 Å². The van der Waals surface area contributed by atoms with Crippen molar-refractivity contribution in [3.63, 3.8) is 0 Å². The van der Waals surface area contributed by atoms with Gasteiger partial charge in [-0.3, -0.25) is 4.90 Å². The smallest absolute Gasteiger partial charge is 0.179 e. The van der Waals surface area contributed by atoms with Crippen LogP contribution in [0.5, 0.6) is 11.5 Å². The topological polar surface area (TPSA) is 48.7 Å². The zero-order valence-corrected chi connectivity index (χ0v) is 14.8. The van der Waals surface area contributed by atoms with E-state index in [0.29, 0.717) is 23.1 Å². The molecule has 0 amide bonds. The van der Waals surface area contributed by atoms with Crippen molar-refractivity contribution in [3.05, 3.63) is 22.7 Å². The Morgan fingerprint density at radius 2 is 1.96 bits per heavy atom. The second-order valence-corrected chi connectivity index (χ2v) is 5.88. The molecule has 5 nitrogen and oxygen atoms in total. The zero-order chi connectivity index (χ0) is 16.8. The summed E-state index contributed by atoms with van der Waals surface area (Å²) in [6.07, 6.45) is 0. The monoisotopic (exact) mass is 337 g/mol. The highest BCUT2D eigenvalue weighted by molar-refractivity contribution is 6.32. The molecule has 1 heterocycles. The average molecular weight is 338 g/mol. The minimum atomic E-state index is -0.323. The van der Waals surface area contributed by atoms with Crippen molar-refractivity contribution >= 4 is 11.6 Å². The number of hydrogen-bond acceptors (Lipinski definition) is 5. The number of likely N-dealkylation sites (N-methyl/N-ethyl adjacent to an activating group) is 1. The van der Waals surface area contributed by atoms with Crippen molar-refractivity contribution in [1.29, 1.82) is 5.26 Å². The third kappa shape index (κ3) is 4.08. The lowest BCUT2D eigenvalue weighted by Crippen LogP contribution is -2.47. The molecule has 0 aromatic heterocycles. The van der Waals surface area contributed by atoms with Crippen molar-refractivity contribution in [2.24, 2.45) is 0 Å². The summed E-state index contributed by atoms with van der Waals surface area (Å²) in [6.45, 7) is 9.33. The summed E-state index contributed by atoms with van der Waals surface area (Å²) < 4.78 is 10.9. The molecule has 1 atom stereocenters. The van der Waals surface area contributed by atoms with E-state index in [1.165, 1.54) is 0 Å². The fraction of sp³-hybridized carbons (Fsp3) is 0.588. The van der Waals surface area contributed by atoms with E-state index in [1.807, 2.05) is 19.1 Å². The van der Waals surface area contributed by atoms with Crippen molar-refractivity contribution in [2.75, 3.05) is 46.4 Å². The number of rotatable bonds is 6. The summed E-state index contributed by atoms with van der Waals surface area (Å²) in [5.41, 5.74) is 0.850. The van der Waals surface area contributed by atoms with Crippen LogP contribution in [0.2, 0.25) is 5.02 Å². The van der Waals surface area contributed by atoms with Gasteiger partial charge in [-0.2, -0.15) is 5.26 Å². The number of nitriles is 1. The lowest BCUT2D eigenvalue weighted by atomic mass is 10.0. The molecule has 23 heavy (non-hydrogen) atoms. The first-order valence-electron chi connectivity index (χ1n) is 8.00. The molecule has 1 saturated heterocycles. The first kappa shape index (κ1) is 17.9. The third-order valence-corrected chi connectivity index (χ3v) is 4.48.